The highest BCUT2D eigenvalue weighted by Crippen LogP contribution is 2.07. The summed E-state index contributed by atoms with van der Waals surface area (Å²) in [5.74, 6) is -0.164. The smallest absolute Gasteiger partial charge is 0.147 e. The maximum atomic E-state index is 13.3. The van der Waals surface area contributed by atoms with E-state index in [-0.39, 0.29) is 11.9 Å². The first-order valence-electron chi connectivity index (χ1n) is 5.50. The third kappa shape index (κ3) is 3.27. The van der Waals surface area contributed by atoms with Crippen molar-refractivity contribution in [2.24, 2.45) is 0 Å². The van der Waals surface area contributed by atoms with Crippen LogP contribution >= 0.6 is 0 Å². The highest BCUT2D eigenvalue weighted by Gasteiger charge is 2.13. The molecule has 1 saturated heterocycles. The molecule has 1 fully saturated rings. The van der Waals surface area contributed by atoms with Crippen LogP contribution in [0.1, 0.15) is 12.0 Å². The van der Waals surface area contributed by atoms with Crippen molar-refractivity contribution in [3.63, 3.8) is 0 Å². The van der Waals surface area contributed by atoms with Crippen molar-refractivity contribution in [2.45, 2.75) is 19.1 Å². The summed E-state index contributed by atoms with van der Waals surface area (Å²) in [6.07, 6.45) is 1.07. The van der Waals surface area contributed by atoms with Crippen molar-refractivity contribution in [1.29, 1.82) is 0 Å². The third-order valence-corrected chi connectivity index (χ3v) is 2.62. The quantitative estimate of drug-likeness (QED) is 0.845. The minimum atomic E-state index is -0.164. The van der Waals surface area contributed by atoms with Crippen LogP contribution in [0.15, 0.2) is 24.3 Å². The Morgan fingerprint density at radius 2 is 2.25 bits per heavy atom. The third-order valence-electron chi connectivity index (χ3n) is 2.62. The van der Waals surface area contributed by atoms with E-state index >= 15 is 0 Å². The maximum absolute atomic E-state index is 13.3. The van der Waals surface area contributed by atoms with Gasteiger partial charge < -0.3 is 14.8 Å². The van der Waals surface area contributed by atoms with E-state index in [0.717, 1.165) is 19.6 Å². The van der Waals surface area contributed by atoms with Crippen molar-refractivity contribution in [1.82, 2.24) is 5.32 Å². The molecule has 4 heteroatoms. The Bertz CT molecular complexity index is 327. The van der Waals surface area contributed by atoms with E-state index < -0.39 is 0 Å². The van der Waals surface area contributed by atoms with Crippen LogP contribution in [-0.2, 0) is 16.0 Å². The highest BCUT2D eigenvalue weighted by molar-refractivity contribution is 5.16. The molecule has 1 aromatic rings. The number of benzene rings is 1. The van der Waals surface area contributed by atoms with Gasteiger partial charge >= 0.3 is 0 Å². The van der Waals surface area contributed by atoms with Gasteiger partial charge in [-0.3, -0.25) is 0 Å². The van der Waals surface area contributed by atoms with Crippen molar-refractivity contribution in [3.05, 3.63) is 35.6 Å². The summed E-state index contributed by atoms with van der Waals surface area (Å²) < 4.78 is 23.7. The van der Waals surface area contributed by atoms with Gasteiger partial charge in [-0.05, 0) is 12.5 Å². The summed E-state index contributed by atoms with van der Waals surface area (Å²) in [5.41, 5.74) is 0.689. The monoisotopic (exact) mass is 225 g/mol. The summed E-state index contributed by atoms with van der Waals surface area (Å²) in [4.78, 5) is 0. The predicted octanol–water partition coefficient (Wildman–Crippen LogP) is 1.68. The molecule has 3 nitrogen and oxygen atoms in total. The summed E-state index contributed by atoms with van der Waals surface area (Å²) >= 11 is 0. The van der Waals surface area contributed by atoms with E-state index in [2.05, 4.69) is 5.32 Å². The second-order valence-corrected chi connectivity index (χ2v) is 3.83. The second kappa shape index (κ2) is 5.94. The van der Waals surface area contributed by atoms with Crippen molar-refractivity contribution in [2.75, 3.05) is 19.9 Å². The Balaban J connectivity index is 1.73. The minimum absolute atomic E-state index is 0.164. The zero-order valence-corrected chi connectivity index (χ0v) is 9.12. The summed E-state index contributed by atoms with van der Waals surface area (Å²) in [6, 6.07) is 6.79. The lowest BCUT2D eigenvalue weighted by molar-refractivity contribution is -0.137. The molecule has 1 atom stereocenters. The molecule has 0 aliphatic carbocycles. The predicted molar refractivity (Wildman–Crippen MR) is 58.4 cm³/mol. The summed E-state index contributed by atoms with van der Waals surface area (Å²) in [6.45, 7) is 2.38. The Morgan fingerprint density at radius 1 is 1.38 bits per heavy atom. The van der Waals surface area contributed by atoms with E-state index in [4.69, 9.17) is 9.47 Å². The van der Waals surface area contributed by atoms with Crippen LogP contribution in [0.3, 0.4) is 0 Å². The largest absolute Gasteiger partial charge is 0.355 e. The van der Waals surface area contributed by atoms with E-state index in [1.54, 1.807) is 12.1 Å². The second-order valence-electron chi connectivity index (χ2n) is 3.83. The molecule has 88 valence electrons. The average Bonchev–Trinajstić information content (AvgIpc) is 2.33. The van der Waals surface area contributed by atoms with E-state index in [0.29, 0.717) is 18.9 Å². The zero-order chi connectivity index (χ0) is 11.2. The number of rotatable bonds is 4. The van der Waals surface area contributed by atoms with Gasteiger partial charge in [-0.1, -0.05) is 18.2 Å². The molecule has 16 heavy (non-hydrogen) atoms. The van der Waals surface area contributed by atoms with Crippen LogP contribution in [0, 0.1) is 5.82 Å². The van der Waals surface area contributed by atoms with E-state index in [1.807, 2.05) is 6.07 Å². The first-order chi connectivity index (χ1) is 7.86. The van der Waals surface area contributed by atoms with Gasteiger partial charge in [0.2, 0.25) is 0 Å². The first-order valence-corrected chi connectivity index (χ1v) is 5.50. The molecule has 1 aromatic carbocycles. The molecule has 0 amide bonds. The van der Waals surface area contributed by atoms with Gasteiger partial charge in [-0.25, -0.2) is 4.39 Å². The standard InChI is InChI=1S/C12H16FNO2/c13-12-4-2-1-3-10(12)7-14-8-11-5-6-15-9-16-11/h1-4,11,14H,5-9H2. The molecule has 0 radical (unpaired) electrons. The average molecular weight is 225 g/mol. The molecule has 2 rings (SSSR count). The molecule has 1 aliphatic rings. The SMILES string of the molecule is Fc1ccccc1CNCC1CCOCO1. The molecule has 0 saturated carbocycles. The van der Waals surface area contributed by atoms with Gasteiger partial charge in [0.05, 0.1) is 12.7 Å². The van der Waals surface area contributed by atoms with Gasteiger partial charge in [-0.2, -0.15) is 0 Å². The number of hydrogen-bond acceptors (Lipinski definition) is 3. The number of halogens is 1. The van der Waals surface area contributed by atoms with Crippen LogP contribution in [0.25, 0.3) is 0 Å². The Kier molecular flexibility index (Phi) is 4.27. The number of hydrogen-bond donors (Lipinski definition) is 1. The molecule has 1 heterocycles. The lowest BCUT2D eigenvalue weighted by atomic mass is 10.2. The van der Waals surface area contributed by atoms with Crippen LogP contribution in [-0.4, -0.2) is 26.0 Å². The Morgan fingerprint density at radius 3 is 3.00 bits per heavy atom. The van der Waals surface area contributed by atoms with Crippen LogP contribution < -0.4 is 5.32 Å². The van der Waals surface area contributed by atoms with Gasteiger partial charge in [0.15, 0.2) is 0 Å². The van der Waals surface area contributed by atoms with Crippen molar-refractivity contribution >= 4 is 0 Å². The first kappa shape index (κ1) is 11.5. The zero-order valence-electron chi connectivity index (χ0n) is 9.12. The highest BCUT2D eigenvalue weighted by atomic mass is 19.1. The molecule has 1 aliphatic heterocycles. The molecule has 0 aromatic heterocycles. The molecule has 0 bridgehead atoms. The fourth-order valence-corrected chi connectivity index (χ4v) is 1.67. The normalized spacial score (nSPS) is 20.9. The van der Waals surface area contributed by atoms with E-state index in [1.165, 1.54) is 6.07 Å². The van der Waals surface area contributed by atoms with Crippen LogP contribution in [0.4, 0.5) is 4.39 Å². The van der Waals surface area contributed by atoms with Crippen LogP contribution in [0.2, 0.25) is 0 Å². The van der Waals surface area contributed by atoms with Crippen LogP contribution in [0.5, 0.6) is 0 Å². The fourth-order valence-electron chi connectivity index (χ4n) is 1.67. The van der Waals surface area contributed by atoms with E-state index in [9.17, 15) is 4.39 Å². The van der Waals surface area contributed by atoms with Crippen molar-refractivity contribution < 1.29 is 13.9 Å². The fraction of sp³-hybridized carbons (Fsp3) is 0.500. The lowest BCUT2D eigenvalue weighted by Gasteiger charge is -2.23. The lowest BCUT2D eigenvalue weighted by Crippen LogP contribution is -2.33. The molecular weight excluding hydrogens is 209 g/mol. The minimum Gasteiger partial charge on any atom is -0.355 e. The summed E-state index contributed by atoms with van der Waals surface area (Å²) in [5, 5.41) is 3.19. The van der Waals surface area contributed by atoms with Gasteiger partial charge in [0.1, 0.15) is 12.6 Å². The molecule has 0 spiro atoms. The Labute approximate surface area is 94.6 Å². The molecular formula is C12H16FNO2. The Hall–Kier alpha value is -0.970. The van der Waals surface area contributed by atoms with Crippen molar-refractivity contribution in [3.8, 4) is 0 Å². The van der Waals surface area contributed by atoms with Gasteiger partial charge in [0.25, 0.3) is 0 Å². The molecule has 1 N–H and O–H groups in total. The number of ether oxygens (including phenoxy) is 2. The molecule has 1 unspecified atom stereocenters. The maximum Gasteiger partial charge on any atom is 0.147 e. The van der Waals surface area contributed by atoms with Gasteiger partial charge in [-0.15, -0.1) is 0 Å². The van der Waals surface area contributed by atoms with Gasteiger partial charge in [0, 0.05) is 18.7 Å². The topological polar surface area (TPSA) is 30.5 Å². The summed E-state index contributed by atoms with van der Waals surface area (Å²) in [7, 11) is 0. The number of nitrogens with one attached hydrogen (secondary N) is 1.